The van der Waals surface area contributed by atoms with Crippen LogP contribution < -0.4 is 9.80 Å². The average molecular weight is 428 g/mol. The van der Waals surface area contributed by atoms with Crippen molar-refractivity contribution in [2.24, 2.45) is 0 Å². The minimum absolute atomic E-state index is 0.0644. The summed E-state index contributed by atoms with van der Waals surface area (Å²) in [6.07, 6.45) is -3.81. The Bertz CT molecular complexity index is 1250. The fourth-order valence-electron chi connectivity index (χ4n) is 3.86. The van der Waals surface area contributed by atoms with E-state index in [1.165, 1.54) is 6.07 Å². The van der Waals surface area contributed by atoms with Gasteiger partial charge in [0.05, 0.1) is 16.7 Å². The summed E-state index contributed by atoms with van der Waals surface area (Å²) < 4.78 is 40.3. The lowest BCUT2D eigenvalue weighted by molar-refractivity contribution is -0.146. The van der Waals surface area contributed by atoms with Crippen molar-refractivity contribution in [2.75, 3.05) is 36.0 Å². The van der Waals surface area contributed by atoms with Gasteiger partial charge in [0.25, 0.3) is 5.82 Å². The molecule has 0 saturated carbocycles. The minimum atomic E-state index is -4.62. The lowest BCUT2D eigenvalue weighted by Gasteiger charge is -2.24. The van der Waals surface area contributed by atoms with Gasteiger partial charge < -0.3 is 9.80 Å². The van der Waals surface area contributed by atoms with Crippen LogP contribution in [0.15, 0.2) is 36.4 Å². The zero-order valence-electron chi connectivity index (χ0n) is 16.7. The molecule has 31 heavy (non-hydrogen) atoms. The lowest BCUT2D eigenvalue weighted by atomic mass is 10.2. The topological polar surface area (TPSA) is 75.3 Å². The summed E-state index contributed by atoms with van der Waals surface area (Å²) in [7, 11) is 0. The van der Waals surface area contributed by atoms with E-state index in [2.05, 4.69) is 25.2 Å². The number of anilines is 2. The third kappa shape index (κ3) is 3.60. The van der Waals surface area contributed by atoms with Crippen molar-refractivity contribution < 1.29 is 13.2 Å². The number of halogens is 3. The molecule has 0 unspecified atom stereocenters. The highest BCUT2D eigenvalue weighted by Crippen LogP contribution is 2.28. The highest BCUT2D eigenvalue weighted by molar-refractivity contribution is 5.76. The van der Waals surface area contributed by atoms with E-state index in [-0.39, 0.29) is 5.65 Å². The Hall–Kier alpha value is -3.50. The maximum absolute atomic E-state index is 13.2. The van der Waals surface area contributed by atoms with Gasteiger partial charge in [0, 0.05) is 26.2 Å². The summed E-state index contributed by atoms with van der Waals surface area (Å²) >= 11 is 0. The summed E-state index contributed by atoms with van der Waals surface area (Å²) in [4.78, 5) is 13.6. The zero-order chi connectivity index (χ0) is 21.6. The predicted molar refractivity (Wildman–Crippen MR) is 109 cm³/mol. The van der Waals surface area contributed by atoms with Crippen molar-refractivity contribution >= 4 is 28.3 Å². The second-order valence-electron chi connectivity index (χ2n) is 7.43. The molecule has 4 heterocycles. The van der Waals surface area contributed by atoms with Gasteiger partial charge in [0.1, 0.15) is 5.82 Å². The number of aryl methyl sites for hydroxylation is 1. The third-order valence-electron chi connectivity index (χ3n) is 5.34. The van der Waals surface area contributed by atoms with Crippen LogP contribution in [0.25, 0.3) is 16.7 Å². The van der Waals surface area contributed by atoms with Crippen molar-refractivity contribution in [1.29, 1.82) is 0 Å². The Morgan fingerprint density at radius 3 is 2.32 bits per heavy atom. The van der Waals surface area contributed by atoms with Crippen LogP contribution in [0.3, 0.4) is 0 Å². The van der Waals surface area contributed by atoms with Crippen LogP contribution >= 0.6 is 0 Å². The second kappa shape index (κ2) is 7.33. The first-order chi connectivity index (χ1) is 14.9. The third-order valence-corrected chi connectivity index (χ3v) is 5.34. The number of rotatable bonds is 2. The molecule has 4 aromatic rings. The summed E-state index contributed by atoms with van der Waals surface area (Å²) in [6, 6.07) is 10.9. The molecule has 0 atom stereocenters. The molecule has 0 aliphatic carbocycles. The maximum atomic E-state index is 13.2. The summed E-state index contributed by atoms with van der Waals surface area (Å²) in [5.41, 5.74) is 2.61. The molecule has 0 bridgehead atoms. The predicted octanol–water partition coefficient (Wildman–Crippen LogP) is 3.11. The smallest absolute Gasteiger partial charge is 0.353 e. The molecule has 5 rings (SSSR count). The van der Waals surface area contributed by atoms with E-state index >= 15 is 0 Å². The number of alkyl halides is 3. The van der Waals surface area contributed by atoms with Crippen molar-refractivity contribution in [3.05, 3.63) is 47.9 Å². The molecule has 1 aliphatic rings. The maximum Gasteiger partial charge on any atom is 0.453 e. The van der Waals surface area contributed by atoms with E-state index in [1.54, 1.807) is 6.07 Å². The molecule has 160 valence electrons. The molecular formula is C20H19F3N8. The first kappa shape index (κ1) is 19.5. The Labute approximate surface area is 175 Å². The summed E-state index contributed by atoms with van der Waals surface area (Å²) in [5.74, 6) is 0.172. The van der Waals surface area contributed by atoms with Crippen LogP contribution in [-0.2, 0) is 6.18 Å². The van der Waals surface area contributed by atoms with Gasteiger partial charge in [-0.2, -0.15) is 17.7 Å². The Balaban J connectivity index is 1.41. The van der Waals surface area contributed by atoms with Crippen LogP contribution in [0.2, 0.25) is 0 Å². The molecule has 8 nitrogen and oxygen atoms in total. The number of nitrogens with zero attached hydrogens (tertiary/aromatic N) is 8. The van der Waals surface area contributed by atoms with E-state index in [0.717, 1.165) is 40.0 Å². The fraction of sp³-hybridized carbons (Fsp3) is 0.350. The number of benzene rings is 1. The van der Waals surface area contributed by atoms with E-state index in [9.17, 15) is 13.2 Å². The van der Waals surface area contributed by atoms with Gasteiger partial charge in [-0.3, -0.25) is 0 Å². The Kier molecular flexibility index (Phi) is 4.60. The van der Waals surface area contributed by atoms with Crippen molar-refractivity contribution in [3.63, 3.8) is 0 Å². The monoisotopic (exact) mass is 428 g/mol. The molecule has 0 radical (unpaired) electrons. The van der Waals surface area contributed by atoms with Crippen LogP contribution in [0, 0.1) is 6.92 Å². The van der Waals surface area contributed by atoms with E-state index in [0.29, 0.717) is 25.5 Å². The van der Waals surface area contributed by atoms with Gasteiger partial charge in [-0.1, -0.05) is 12.1 Å². The molecule has 0 N–H and O–H groups in total. The molecule has 3 aromatic heterocycles. The first-order valence-corrected chi connectivity index (χ1v) is 9.93. The molecule has 1 aliphatic heterocycles. The van der Waals surface area contributed by atoms with Crippen molar-refractivity contribution in [1.82, 2.24) is 29.8 Å². The molecule has 1 fully saturated rings. The van der Waals surface area contributed by atoms with Crippen molar-refractivity contribution in [3.8, 4) is 0 Å². The molecular weight excluding hydrogens is 409 g/mol. The molecule has 1 aromatic carbocycles. The van der Waals surface area contributed by atoms with Crippen LogP contribution in [0.1, 0.15) is 17.9 Å². The highest BCUT2D eigenvalue weighted by atomic mass is 19.4. The second-order valence-corrected chi connectivity index (χ2v) is 7.43. The van der Waals surface area contributed by atoms with Gasteiger partial charge in [-0.05, 0) is 37.6 Å². The minimum Gasteiger partial charge on any atom is -0.353 e. The summed E-state index contributed by atoms with van der Waals surface area (Å²) in [6.45, 7) is 4.63. The van der Waals surface area contributed by atoms with Gasteiger partial charge in [0.15, 0.2) is 11.5 Å². The van der Waals surface area contributed by atoms with E-state index < -0.39 is 12.0 Å². The first-order valence-electron chi connectivity index (χ1n) is 9.93. The van der Waals surface area contributed by atoms with Gasteiger partial charge in [0.2, 0.25) is 0 Å². The van der Waals surface area contributed by atoms with Gasteiger partial charge in [-0.15, -0.1) is 15.3 Å². The SMILES string of the molecule is Cc1nc2ccccc2nc1N1CCCN(c2ccc3nnc(C(F)(F)F)n3n2)CC1. The fourth-order valence-corrected chi connectivity index (χ4v) is 3.86. The molecule has 1 saturated heterocycles. The molecule has 11 heteroatoms. The number of fused-ring (bicyclic) bond motifs is 2. The Morgan fingerprint density at radius 1 is 0.839 bits per heavy atom. The zero-order valence-corrected chi connectivity index (χ0v) is 16.7. The van der Waals surface area contributed by atoms with Crippen molar-refractivity contribution in [2.45, 2.75) is 19.5 Å². The summed E-state index contributed by atoms with van der Waals surface area (Å²) in [5, 5.41) is 11.0. The quantitative estimate of drug-likeness (QED) is 0.486. The Morgan fingerprint density at radius 2 is 1.55 bits per heavy atom. The van der Waals surface area contributed by atoms with Crippen LogP contribution in [0.4, 0.5) is 24.8 Å². The highest BCUT2D eigenvalue weighted by Gasteiger charge is 2.37. The van der Waals surface area contributed by atoms with Crippen LogP contribution in [-0.4, -0.2) is 56.0 Å². The largest absolute Gasteiger partial charge is 0.453 e. The number of para-hydroxylation sites is 2. The van der Waals surface area contributed by atoms with Crippen LogP contribution in [0.5, 0.6) is 0 Å². The van der Waals surface area contributed by atoms with Gasteiger partial charge in [-0.25, -0.2) is 9.97 Å². The molecule has 0 amide bonds. The van der Waals surface area contributed by atoms with E-state index in [4.69, 9.17) is 4.98 Å². The number of hydrogen-bond donors (Lipinski definition) is 0. The van der Waals surface area contributed by atoms with Gasteiger partial charge >= 0.3 is 6.18 Å². The average Bonchev–Trinajstić information content (AvgIpc) is 3.03. The standard InChI is InChI=1S/C20H19F3N8/c1-13-18(25-15-6-3-2-5-14(15)24-13)30-10-4-9-29(11-12-30)17-8-7-16-26-27-19(20(21,22)23)31(16)28-17/h2-3,5-8H,4,9-12H2,1H3. The normalized spacial score (nSPS) is 15.6. The number of hydrogen-bond acceptors (Lipinski definition) is 7. The molecule has 0 spiro atoms. The van der Waals surface area contributed by atoms with E-state index in [1.807, 2.05) is 36.1 Å². The number of aromatic nitrogens is 6. The lowest BCUT2D eigenvalue weighted by Crippen LogP contribution is -2.32.